The first-order valence-corrected chi connectivity index (χ1v) is 14.2. The summed E-state index contributed by atoms with van der Waals surface area (Å²) in [5.74, 6) is -4.56. The fourth-order valence-corrected chi connectivity index (χ4v) is 6.48. The van der Waals surface area contributed by atoms with E-state index < -0.39 is 41.7 Å². The molecule has 3 heterocycles. The van der Waals surface area contributed by atoms with E-state index in [1.165, 1.54) is 17.1 Å². The van der Waals surface area contributed by atoms with E-state index in [0.29, 0.717) is 50.9 Å². The van der Waals surface area contributed by atoms with E-state index in [-0.39, 0.29) is 30.6 Å². The summed E-state index contributed by atoms with van der Waals surface area (Å²) in [6, 6.07) is 10.7. The van der Waals surface area contributed by atoms with Crippen molar-refractivity contribution in [2.45, 2.75) is 43.4 Å². The maximum Gasteiger partial charge on any atom is 0.490 e. The summed E-state index contributed by atoms with van der Waals surface area (Å²) in [5, 5.41) is 13.0. The number of carbonyl (C=O) groups excluding carboxylic acids is 2. The molecule has 0 bridgehead atoms. The van der Waals surface area contributed by atoms with Gasteiger partial charge in [-0.2, -0.15) is 18.4 Å². The van der Waals surface area contributed by atoms with Gasteiger partial charge in [-0.15, -0.1) is 0 Å². The van der Waals surface area contributed by atoms with Gasteiger partial charge in [0.15, 0.2) is 0 Å². The lowest BCUT2D eigenvalue weighted by atomic mass is 9.72. The molecule has 5 rings (SSSR count). The number of esters is 1. The Kier molecular flexibility index (Phi) is 8.74. The van der Waals surface area contributed by atoms with Gasteiger partial charge in [-0.05, 0) is 74.7 Å². The van der Waals surface area contributed by atoms with E-state index in [9.17, 15) is 36.8 Å². The van der Waals surface area contributed by atoms with Crippen molar-refractivity contribution < 1.29 is 36.3 Å². The molecule has 3 aliphatic heterocycles. The van der Waals surface area contributed by atoms with Crippen LogP contribution >= 0.6 is 0 Å². The molecule has 1 spiro atoms. The van der Waals surface area contributed by atoms with Gasteiger partial charge in [-0.25, -0.2) is 13.6 Å². The van der Waals surface area contributed by atoms with Crippen LogP contribution in [0.25, 0.3) is 6.08 Å². The molecule has 1 atom stereocenters. The Morgan fingerprint density at radius 3 is 2.40 bits per heavy atom. The van der Waals surface area contributed by atoms with Crippen molar-refractivity contribution in [1.82, 2.24) is 9.80 Å². The minimum absolute atomic E-state index is 0.127. The van der Waals surface area contributed by atoms with Gasteiger partial charge in [-0.3, -0.25) is 9.69 Å². The van der Waals surface area contributed by atoms with Crippen LogP contribution < -0.4 is 5.32 Å². The Balaban J connectivity index is 1.22. The Morgan fingerprint density at radius 1 is 1.09 bits per heavy atom. The molecule has 1 amide bonds. The number of carbonyl (C=O) groups is 2. The van der Waals surface area contributed by atoms with Crippen molar-refractivity contribution in [3.63, 3.8) is 0 Å². The number of likely N-dealkylation sites (tertiary alicyclic amines) is 2. The molecule has 1 unspecified atom stereocenters. The van der Waals surface area contributed by atoms with Crippen molar-refractivity contribution in [2.24, 2.45) is 5.92 Å². The fourth-order valence-electron chi connectivity index (χ4n) is 6.48. The summed E-state index contributed by atoms with van der Waals surface area (Å²) in [6.45, 7) is 2.38. The van der Waals surface area contributed by atoms with Crippen LogP contribution in [-0.2, 0) is 19.7 Å². The van der Waals surface area contributed by atoms with Crippen LogP contribution in [0.1, 0.15) is 42.4 Å². The summed E-state index contributed by atoms with van der Waals surface area (Å²) in [7, 11) is 0. The maximum atomic E-state index is 13.4. The molecule has 0 aromatic heterocycles. The summed E-state index contributed by atoms with van der Waals surface area (Å²) in [6.07, 6.45) is -1.61. The first kappa shape index (κ1) is 30.5. The number of amides is 1. The van der Waals surface area contributed by atoms with Crippen LogP contribution in [0, 0.1) is 28.9 Å². The number of nitriles is 1. The second-order valence-corrected chi connectivity index (χ2v) is 11.4. The molecule has 0 saturated carbocycles. The summed E-state index contributed by atoms with van der Waals surface area (Å²) in [5.41, 5.74) is 2.48. The number of nitrogens with zero attached hydrogens (tertiary/aromatic N) is 3. The second-order valence-electron chi connectivity index (χ2n) is 11.4. The van der Waals surface area contributed by atoms with Gasteiger partial charge >= 0.3 is 12.1 Å². The lowest BCUT2D eigenvalue weighted by molar-refractivity contribution is -0.208. The maximum absolute atomic E-state index is 13.4. The van der Waals surface area contributed by atoms with Crippen molar-refractivity contribution in [2.75, 3.05) is 44.6 Å². The van der Waals surface area contributed by atoms with Gasteiger partial charge in [0, 0.05) is 60.9 Å². The zero-order valence-corrected chi connectivity index (χ0v) is 23.3. The lowest BCUT2D eigenvalue weighted by Gasteiger charge is -2.42. The van der Waals surface area contributed by atoms with Crippen LogP contribution in [0.15, 0.2) is 42.5 Å². The van der Waals surface area contributed by atoms with Crippen molar-refractivity contribution in [1.29, 1.82) is 5.26 Å². The van der Waals surface area contributed by atoms with E-state index in [0.717, 1.165) is 29.4 Å². The molecule has 2 aromatic rings. The number of hydrogen-bond acceptors (Lipinski definition) is 6. The number of rotatable bonds is 6. The fraction of sp³-hybridized carbons (Fsp3) is 0.452. The number of halogens is 5. The van der Waals surface area contributed by atoms with Crippen LogP contribution in [0.3, 0.4) is 0 Å². The lowest BCUT2D eigenvalue weighted by Crippen LogP contribution is -2.50. The van der Waals surface area contributed by atoms with Gasteiger partial charge < -0.3 is 15.0 Å². The van der Waals surface area contributed by atoms with Crippen molar-refractivity contribution in [3.05, 3.63) is 70.8 Å². The SMILES string of the molecule is N#Cc1cccc2c1C1(CCN(CC(OC(=O)C(F)(F)F)C3CCN(C(=O)/C=C/c4cc(F)cc(F)c4)CC3)CC1)CN2. The zero-order valence-electron chi connectivity index (χ0n) is 23.3. The topological polar surface area (TPSA) is 85.7 Å². The van der Waals surface area contributed by atoms with Crippen LogP contribution in [0.2, 0.25) is 0 Å². The zero-order chi connectivity index (χ0) is 30.8. The smallest absolute Gasteiger partial charge is 0.454 e. The summed E-state index contributed by atoms with van der Waals surface area (Å²) >= 11 is 0. The van der Waals surface area contributed by atoms with E-state index in [4.69, 9.17) is 4.74 Å². The molecule has 2 aromatic carbocycles. The minimum Gasteiger partial charge on any atom is -0.454 e. The molecule has 0 radical (unpaired) electrons. The van der Waals surface area contributed by atoms with Gasteiger partial charge in [0.25, 0.3) is 0 Å². The normalized spacial score (nSPS) is 19.6. The third-order valence-corrected chi connectivity index (χ3v) is 8.75. The second kappa shape index (κ2) is 12.3. The summed E-state index contributed by atoms with van der Waals surface area (Å²) < 4.78 is 71.4. The molecule has 43 heavy (non-hydrogen) atoms. The predicted octanol–water partition coefficient (Wildman–Crippen LogP) is 5.02. The summed E-state index contributed by atoms with van der Waals surface area (Å²) in [4.78, 5) is 28.1. The van der Waals surface area contributed by atoms with Crippen LogP contribution in [-0.4, -0.2) is 73.2 Å². The molecule has 12 heteroatoms. The molecule has 3 aliphatic rings. The van der Waals surface area contributed by atoms with Crippen molar-refractivity contribution >= 4 is 23.6 Å². The largest absolute Gasteiger partial charge is 0.490 e. The average molecular weight is 603 g/mol. The van der Waals surface area contributed by atoms with Crippen LogP contribution in [0.5, 0.6) is 0 Å². The average Bonchev–Trinajstić information content (AvgIpc) is 3.34. The molecule has 2 saturated heterocycles. The highest BCUT2D eigenvalue weighted by atomic mass is 19.4. The standard InChI is InChI=1S/C31H31F5N4O3/c32-23-14-20(15-24(33)16-23)4-5-27(41)40-10-6-21(7-11-40)26(43-29(42)31(34,35)36)18-39-12-8-30(9-13-39)19-38-25-3-1-2-22(17-37)28(25)30/h1-5,14-16,21,26,38H,6-13,18-19H2/b5-4+. The van der Waals surface area contributed by atoms with E-state index in [1.54, 1.807) is 6.07 Å². The minimum atomic E-state index is -5.13. The molecule has 2 fully saturated rings. The predicted molar refractivity (Wildman–Crippen MR) is 148 cm³/mol. The Labute approximate surface area is 245 Å². The number of fused-ring (bicyclic) bond motifs is 2. The Hall–Kier alpha value is -3.98. The molecular weight excluding hydrogens is 571 g/mol. The molecule has 1 N–H and O–H groups in total. The number of hydrogen-bond donors (Lipinski definition) is 1. The highest BCUT2D eigenvalue weighted by Gasteiger charge is 2.46. The number of alkyl halides is 3. The monoisotopic (exact) mass is 602 g/mol. The molecule has 0 aliphatic carbocycles. The highest BCUT2D eigenvalue weighted by Crippen LogP contribution is 2.45. The van der Waals surface area contributed by atoms with Crippen LogP contribution in [0.4, 0.5) is 27.6 Å². The highest BCUT2D eigenvalue weighted by molar-refractivity contribution is 5.91. The number of anilines is 1. The van der Waals surface area contributed by atoms with Crippen molar-refractivity contribution in [3.8, 4) is 6.07 Å². The number of ether oxygens (including phenoxy) is 1. The third kappa shape index (κ3) is 6.82. The van der Waals surface area contributed by atoms with E-state index >= 15 is 0 Å². The van der Waals surface area contributed by atoms with Gasteiger partial charge in [-0.1, -0.05) is 6.07 Å². The number of benzene rings is 2. The Morgan fingerprint density at radius 2 is 1.77 bits per heavy atom. The van der Waals surface area contributed by atoms with Gasteiger partial charge in [0.05, 0.1) is 11.6 Å². The number of piperidine rings is 2. The molecular formula is C31H31F5N4O3. The van der Waals surface area contributed by atoms with E-state index in [2.05, 4.69) is 11.4 Å². The van der Waals surface area contributed by atoms with E-state index in [1.807, 2.05) is 17.0 Å². The molecule has 228 valence electrons. The quantitative estimate of drug-likeness (QED) is 0.284. The third-order valence-electron chi connectivity index (χ3n) is 8.75. The number of nitrogens with one attached hydrogen (secondary N) is 1. The Bertz CT molecular complexity index is 1420. The first-order valence-electron chi connectivity index (χ1n) is 14.2. The first-order chi connectivity index (χ1) is 20.5. The molecule has 7 nitrogen and oxygen atoms in total. The van der Waals surface area contributed by atoms with Gasteiger partial charge in [0.2, 0.25) is 5.91 Å². The van der Waals surface area contributed by atoms with Gasteiger partial charge in [0.1, 0.15) is 17.7 Å².